The van der Waals surface area contributed by atoms with Gasteiger partial charge in [-0.1, -0.05) is 11.3 Å². The van der Waals surface area contributed by atoms with E-state index >= 15 is 0 Å². The molecule has 1 aromatic heterocycles. The molecule has 1 saturated heterocycles. The van der Waals surface area contributed by atoms with E-state index in [9.17, 15) is 9.59 Å². The molecule has 0 aromatic carbocycles. The summed E-state index contributed by atoms with van der Waals surface area (Å²) >= 11 is 1.28. The van der Waals surface area contributed by atoms with Crippen LogP contribution in [-0.4, -0.2) is 59.8 Å². The highest BCUT2D eigenvalue weighted by Gasteiger charge is 2.36. The Morgan fingerprint density at radius 2 is 2.30 bits per heavy atom. The molecular formula is C14H22N4O4S. The van der Waals surface area contributed by atoms with Gasteiger partial charge in [0.25, 0.3) is 0 Å². The Kier molecular flexibility index (Phi) is 6.43. The molecule has 2 atom stereocenters. The van der Waals surface area contributed by atoms with Crippen LogP contribution in [0.1, 0.15) is 25.3 Å². The summed E-state index contributed by atoms with van der Waals surface area (Å²) in [6.07, 6.45) is 0.213. The third kappa shape index (κ3) is 4.69. The summed E-state index contributed by atoms with van der Waals surface area (Å²) < 4.78 is 10.3. The van der Waals surface area contributed by atoms with Gasteiger partial charge in [0.2, 0.25) is 16.9 Å². The van der Waals surface area contributed by atoms with E-state index < -0.39 is 0 Å². The number of rotatable bonds is 8. The topological polar surface area (TPSA) is 93.7 Å². The molecule has 1 N–H and O–H groups in total. The Morgan fingerprint density at radius 3 is 3.00 bits per heavy atom. The maximum absolute atomic E-state index is 12.3. The second-order valence-corrected chi connectivity index (χ2v) is 6.44. The molecule has 1 aliphatic heterocycles. The van der Waals surface area contributed by atoms with Crippen molar-refractivity contribution < 1.29 is 19.1 Å². The van der Waals surface area contributed by atoms with Crippen LogP contribution in [0.5, 0.6) is 0 Å². The summed E-state index contributed by atoms with van der Waals surface area (Å²) in [5.41, 5.74) is 0. The smallest absolute Gasteiger partial charge is 0.231 e. The standard InChI is InChI=1S/C14H22N4O4S/c1-4-22-8-11-16-17-14(23-11)15-13(20)10-5-12(19)18(6-10)9(2)7-21-3/h9-10H,4-8H2,1-3H3,(H,15,17,20)/t9-,10+/m0/s1. The molecule has 0 radical (unpaired) electrons. The lowest BCUT2D eigenvalue weighted by atomic mass is 10.1. The number of carbonyl (C=O) groups is 2. The van der Waals surface area contributed by atoms with Crippen LogP contribution in [0.3, 0.4) is 0 Å². The van der Waals surface area contributed by atoms with Gasteiger partial charge in [0, 0.05) is 26.7 Å². The zero-order valence-corrected chi connectivity index (χ0v) is 14.4. The predicted octanol–water partition coefficient (Wildman–Crippen LogP) is 0.896. The van der Waals surface area contributed by atoms with E-state index in [4.69, 9.17) is 9.47 Å². The minimum atomic E-state index is -0.374. The molecule has 1 aromatic rings. The molecule has 2 amide bonds. The molecule has 2 rings (SSSR count). The van der Waals surface area contributed by atoms with Gasteiger partial charge in [-0.15, -0.1) is 10.2 Å². The Hall–Kier alpha value is -1.58. The minimum absolute atomic E-state index is 0.0241. The number of carbonyl (C=O) groups excluding carboxylic acids is 2. The lowest BCUT2D eigenvalue weighted by Crippen LogP contribution is -2.38. The van der Waals surface area contributed by atoms with Gasteiger partial charge < -0.3 is 19.7 Å². The van der Waals surface area contributed by atoms with Crippen LogP contribution in [0.2, 0.25) is 0 Å². The van der Waals surface area contributed by atoms with E-state index in [-0.39, 0.29) is 30.2 Å². The molecule has 0 unspecified atom stereocenters. The van der Waals surface area contributed by atoms with Gasteiger partial charge in [-0.05, 0) is 13.8 Å². The van der Waals surface area contributed by atoms with Gasteiger partial charge in [0.15, 0.2) is 0 Å². The second-order valence-electron chi connectivity index (χ2n) is 5.38. The van der Waals surface area contributed by atoms with E-state index in [0.717, 1.165) is 0 Å². The SMILES string of the molecule is CCOCc1nnc(NC(=O)[C@@H]2CC(=O)N([C@@H](C)COC)C2)s1. The molecule has 2 heterocycles. The normalized spacial score (nSPS) is 19.2. The van der Waals surface area contributed by atoms with Crippen molar-refractivity contribution in [3.63, 3.8) is 0 Å². The largest absolute Gasteiger partial charge is 0.383 e. The van der Waals surface area contributed by atoms with Gasteiger partial charge >= 0.3 is 0 Å². The van der Waals surface area contributed by atoms with E-state index in [1.54, 1.807) is 12.0 Å². The molecule has 0 bridgehead atoms. The maximum Gasteiger partial charge on any atom is 0.231 e. The van der Waals surface area contributed by atoms with Gasteiger partial charge in [0.1, 0.15) is 11.6 Å². The van der Waals surface area contributed by atoms with Crippen molar-refractivity contribution in [3.05, 3.63) is 5.01 Å². The Labute approximate surface area is 139 Å². The fourth-order valence-electron chi connectivity index (χ4n) is 2.42. The molecular weight excluding hydrogens is 320 g/mol. The highest BCUT2D eigenvalue weighted by atomic mass is 32.1. The number of hydrogen-bond donors (Lipinski definition) is 1. The third-order valence-electron chi connectivity index (χ3n) is 3.60. The zero-order valence-electron chi connectivity index (χ0n) is 13.6. The number of hydrogen-bond acceptors (Lipinski definition) is 7. The van der Waals surface area contributed by atoms with Crippen LogP contribution in [0.15, 0.2) is 0 Å². The Balaban J connectivity index is 1.89. The van der Waals surface area contributed by atoms with Crippen molar-refractivity contribution in [2.24, 2.45) is 5.92 Å². The number of likely N-dealkylation sites (tertiary alicyclic amines) is 1. The first-order valence-electron chi connectivity index (χ1n) is 7.54. The maximum atomic E-state index is 12.3. The van der Waals surface area contributed by atoms with Gasteiger partial charge in [-0.3, -0.25) is 9.59 Å². The number of methoxy groups -OCH3 is 1. The molecule has 9 heteroatoms. The average Bonchev–Trinajstić information content (AvgIpc) is 3.12. The summed E-state index contributed by atoms with van der Waals surface area (Å²) in [5.74, 6) is -0.602. The number of nitrogens with one attached hydrogen (secondary N) is 1. The van der Waals surface area contributed by atoms with Gasteiger partial charge in [-0.2, -0.15) is 0 Å². The molecule has 1 aliphatic rings. The van der Waals surface area contributed by atoms with Crippen LogP contribution in [0.25, 0.3) is 0 Å². The highest BCUT2D eigenvalue weighted by molar-refractivity contribution is 7.15. The van der Waals surface area contributed by atoms with E-state index in [0.29, 0.717) is 36.5 Å². The van der Waals surface area contributed by atoms with Crippen molar-refractivity contribution in [3.8, 4) is 0 Å². The van der Waals surface area contributed by atoms with Crippen molar-refractivity contribution in [1.82, 2.24) is 15.1 Å². The summed E-state index contributed by atoms with van der Waals surface area (Å²) in [5, 5.41) is 11.7. The number of anilines is 1. The number of amides is 2. The quantitative estimate of drug-likeness (QED) is 0.754. The molecule has 0 aliphatic carbocycles. The molecule has 128 valence electrons. The lowest BCUT2D eigenvalue weighted by Gasteiger charge is -2.23. The fourth-order valence-corrected chi connectivity index (χ4v) is 3.10. The second kappa shape index (κ2) is 8.32. The molecule has 1 fully saturated rings. The Bertz CT molecular complexity index is 551. The number of aromatic nitrogens is 2. The van der Waals surface area contributed by atoms with Crippen LogP contribution in [0, 0.1) is 5.92 Å². The van der Waals surface area contributed by atoms with Crippen molar-refractivity contribution in [2.75, 3.05) is 32.2 Å². The molecule has 8 nitrogen and oxygen atoms in total. The summed E-state index contributed by atoms with van der Waals surface area (Å²) in [7, 11) is 1.59. The Morgan fingerprint density at radius 1 is 1.52 bits per heavy atom. The zero-order chi connectivity index (χ0) is 16.8. The lowest BCUT2D eigenvalue weighted by molar-refractivity contribution is -0.130. The fraction of sp³-hybridized carbons (Fsp3) is 0.714. The van der Waals surface area contributed by atoms with E-state index in [2.05, 4.69) is 15.5 Å². The summed E-state index contributed by atoms with van der Waals surface area (Å²) in [6, 6.07) is -0.0374. The minimum Gasteiger partial charge on any atom is -0.383 e. The molecule has 23 heavy (non-hydrogen) atoms. The van der Waals surface area contributed by atoms with Crippen LogP contribution in [-0.2, 0) is 25.7 Å². The third-order valence-corrected chi connectivity index (χ3v) is 4.41. The average molecular weight is 342 g/mol. The van der Waals surface area contributed by atoms with Crippen molar-refractivity contribution >= 4 is 28.3 Å². The number of nitrogens with zero attached hydrogens (tertiary/aromatic N) is 3. The molecule has 0 spiro atoms. The van der Waals surface area contributed by atoms with Gasteiger partial charge in [-0.25, -0.2) is 0 Å². The first kappa shape index (κ1) is 17.8. The van der Waals surface area contributed by atoms with Gasteiger partial charge in [0.05, 0.1) is 18.6 Å². The monoisotopic (exact) mass is 342 g/mol. The van der Waals surface area contributed by atoms with Crippen molar-refractivity contribution in [1.29, 1.82) is 0 Å². The van der Waals surface area contributed by atoms with E-state index in [1.165, 1.54) is 11.3 Å². The van der Waals surface area contributed by atoms with E-state index in [1.807, 2.05) is 13.8 Å². The summed E-state index contributed by atoms with van der Waals surface area (Å²) in [4.78, 5) is 26.0. The highest BCUT2D eigenvalue weighted by Crippen LogP contribution is 2.23. The first-order valence-corrected chi connectivity index (χ1v) is 8.36. The predicted molar refractivity (Wildman–Crippen MR) is 85.0 cm³/mol. The molecule has 0 saturated carbocycles. The summed E-state index contributed by atoms with van der Waals surface area (Å²) in [6.45, 7) is 5.65. The van der Waals surface area contributed by atoms with Crippen LogP contribution >= 0.6 is 11.3 Å². The number of ether oxygens (including phenoxy) is 2. The van der Waals surface area contributed by atoms with Crippen LogP contribution < -0.4 is 5.32 Å². The van der Waals surface area contributed by atoms with Crippen molar-refractivity contribution in [2.45, 2.75) is 32.9 Å². The first-order chi connectivity index (χ1) is 11.0. The van der Waals surface area contributed by atoms with Crippen LogP contribution in [0.4, 0.5) is 5.13 Å².